The Labute approximate surface area is 104 Å². The van der Waals surface area contributed by atoms with E-state index < -0.39 is 0 Å². The molecule has 1 heterocycles. The van der Waals surface area contributed by atoms with Crippen molar-refractivity contribution in [3.8, 4) is 6.07 Å². The maximum absolute atomic E-state index is 13.0. The lowest BCUT2D eigenvalue weighted by Crippen LogP contribution is -2.06. The highest BCUT2D eigenvalue weighted by Crippen LogP contribution is 2.14. The third-order valence-corrected chi connectivity index (χ3v) is 2.53. The Morgan fingerprint density at radius 1 is 1.39 bits per heavy atom. The van der Waals surface area contributed by atoms with Crippen LogP contribution in [0.4, 0.5) is 10.2 Å². The van der Waals surface area contributed by atoms with Gasteiger partial charge in [-0.2, -0.15) is 5.26 Å². The fourth-order valence-corrected chi connectivity index (χ4v) is 1.70. The van der Waals surface area contributed by atoms with Crippen LogP contribution in [0.15, 0.2) is 24.3 Å². The Morgan fingerprint density at radius 2 is 2.17 bits per heavy atom. The summed E-state index contributed by atoms with van der Waals surface area (Å²) in [5.41, 5.74) is 7.26. The Kier molecular flexibility index (Phi) is 3.20. The largest absolute Gasteiger partial charge is 0.382 e. The molecule has 90 valence electrons. The zero-order valence-corrected chi connectivity index (χ0v) is 9.81. The minimum Gasteiger partial charge on any atom is -0.382 e. The standard InChI is InChI=1S/C13H11FN4/c1-8-11(7-15)13(16)18-12(17-8)6-9-3-2-4-10(14)5-9/h2-5H,6H2,1H3,(H2,16,17,18). The van der Waals surface area contributed by atoms with Crippen LogP contribution in [0.1, 0.15) is 22.6 Å². The number of anilines is 1. The molecule has 5 heteroatoms. The third-order valence-electron chi connectivity index (χ3n) is 2.53. The van der Waals surface area contributed by atoms with Crippen molar-refractivity contribution in [2.24, 2.45) is 0 Å². The van der Waals surface area contributed by atoms with E-state index >= 15 is 0 Å². The number of halogens is 1. The smallest absolute Gasteiger partial charge is 0.145 e. The second-order valence-corrected chi connectivity index (χ2v) is 3.90. The molecule has 2 rings (SSSR count). The summed E-state index contributed by atoms with van der Waals surface area (Å²) < 4.78 is 13.0. The maximum Gasteiger partial charge on any atom is 0.145 e. The second kappa shape index (κ2) is 4.80. The first kappa shape index (κ1) is 12.0. The lowest BCUT2D eigenvalue weighted by molar-refractivity contribution is 0.626. The average Bonchev–Trinajstić information content (AvgIpc) is 2.28. The molecule has 0 bridgehead atoms. The molecule has 0 aliphatic rings. The van der Waals surface area contributed by atoms with Crippen molar-refractivity contribution in [1.29, 1.82) is 5.26 Å². The molecule has 2 aromatic rings. The Bertz CT molecular complexity index is 608. The van der Waals surface area contributed by atoms with E-state index in [-0.39, 0.29) is 17.2 Å². The molecule has 0 spiro atoms. The lowest BCUT2D eigenvalue weighted by Gasteiger charge is -2.05. The molecule has 0 fully saturated rings. The quantitative estimate of drug-likeness (QED) is 0.873. The van der Waals surface area contributed by atoms with Gasteiger partial charge in [-0.05, 0) is 24.6 Å². The van der Waals surface area contributed by atoms with E-state index in [1.165, 1.54) is 12.1 Å². The number of aryl methyl sites for hydroxylation is 1. The Morgan fingerprint density at radius 3 is 2.78 bits per heavy atom. The van der Waals surface area contributed by atoms with Gasteiger partial charge in [0.05, 0.1) is 5.69 Å². The van der Waals surface area contributed by atoms with Gasteiger partial charge in [-0.25, -0.2) is 14.4 Å². The summed E-state index contributed by atoms with van der Waals surface area (Å²) in [4.78, 5) is 8.25. The number of nitrogen functional groups attached to an aromatic ring is 1. The van der Waals surface area contributed by atoms with E-state index in [1.807, 2.05) is 6.07 Å². The van der Waals surface area contributed by atoms with Gasteiger partial charge in [-0.15, -0.1) is 0 Å². The summed E-state index contributed by atoms with van der Waals surface area (Å²) in [6.45, 7) is 1.70. The van der Waals surface area contributed by atoms with Crippen LogP contribution < -0.4 is 5.73 Å². The van der Waals surface area contributed by atoms with Crippen molar-refractivity contribution in [1.82, 2.24) is 9.97 Å². The number of nitriles is 1. The van der Waals surface area contributed by atoms with E-state index in [9.17, 15) is 4.39 Å². The predicted molar refractivity (Wildman–Crippen MR) is 65.1 cm³/mol. The molecule has 1 aromatic carbocycles. The summed E-state index contributed by atoms with van der Waals surface area (Å²) in [7, 11) is 0. The van der Waals surface area contributed by atoms with E-state index in [2.05, 4.69) is 9.97 Å². The Balaban J connectivity index is 2.34. The number of benzene rings is 1. The van der Waals surface area contributed by atoms with Crippen molar-refractivity contribution in [3.63, 3.8) is 0 Å². The first-order valence-electron chi connectivity index (χ1n) is 5.37. The molecule has 2 N–H and O–H groups in total. The van der Waals surface area contributed by atoms with Crippen LogP contribution >= 0.6 is 0 Å². The van der Waals surface area contributed by atoms with E-state index in [0.717, 1.165) is 5.56 Å². The highest BCUT2D eigenvalue weighted by molar-refractivity contribution is 5.50. The molecular formula is C13H11FN4. The minimum absolute atomic E-state index is 0.163. The van der Waals surface area contributed by atoms with Crippen LogP contribution in [0.3, 0.4) is 0 Å². The topological polar surface area (TPSA) is 75.6 Å². The fraction of sp³-hybridized carbons (Fsp3) is 0.154. The summed E-state index contributed by atoms with van der Waals surface area (Å²) >= 11 is 0. The van der Waals surface area contributed by atoms with Gasteiger partial charge in [-0.1, -0.05) is 12.1 Å². The molecule has 0 atom stereocenters. The molecule has 4 nitrogen and oxygen atoms in total. The predicted octanol–water partition coefficient (Wildman–Crippen LogP) is 1.97. The van der Waals surface area contributed by atoms with Crippen molar-refractivity contribution < 1.29 is 4.39 Å². The monoisotopic (exact) mass is 242 g/mol. The van der Waals surface area contributed by atoms with Gasteiger partial charge in [0.25, 0.3) is 0 Å². The van der Waals surface area contributed by atoms with Crippen LogP contribution in [-0.2, 0) is 6.42 Å². The van der Waals surface area contributed by atoms with Crippen molar-refractivity contribution in [2.45, 2.75) is 13.3 Å². The summed E-state index contributed by atoms with van der Waals surface area (Å²) in [5, 5.41) is 8.86. The fourth-order valence-electron chi connectivity index (χ4n) is 1.70. The number of nitrogens with zero attached hydrogens (tertiary/aromatic N) is 3. The molecule has 0 aliphatic heterocycles. The second-order valence-electron chi connectivity index (χ2n) is 3.90. The number of rotatable bonds is 2. The summed E-state index contributed by atoms with van der Waals surface area (Å²) in [5.74, 6) is 0.344. The molecule has 0 amide bonds. The number of hydrogen-bond donors (Lipinski definition) is 1. The number of aromatic nitrogens is 2. The van der Waals surface area contributed by atoms with E-state index in [4.69, 9.17) is 11.0 Å². The lowest BCUT2D eigenvalue weighted by atomic mass is 10.1. The zero-order chi connectivity index (χ0) is 13.1. The first-order chi connectivity index (χ1) is 8.60. The van der Waals surface area contributed by atoms with Gasteiger partial charge < -0.3 is 5.73 Å². The van der Waals surface area contributed by atoms with Crippen LogP contribution in [0.25, 0.3) is 0 Å². The van der Waals surface area contributed by atoms with Gasteiger partial charge >= 0.3 is 0 Å². The number of nitrogens with two attached hydrogens (primary N) is 1. The highest BCUT2D eigenvalue weighted by atomic mass is 19.1. The highest BCUT2D eigenvalue weighted by Gasteiger charge is 2.09. The molecule has 1 aromatic heterocycles. The van der Waals surface area contributed by atoms with Gasteiger partial charge in [0.15, 0.2) is 0 Å². The third kappa shape index (κ3) is 2.43. The van der Waals surface area contributed by atoms with Crippen LogP contribution in [0.2, 0.25) is 0 Å². The SMILES string of the molecule is Cc1nc(Cc2cccc(F)c2)nc(N)c1C#N. The van der Waals surface area contributed by atoms with Crippen molar-refractivity contribution in [2.75, 3.05) is 5.73 Å². The van der Waals surface area contributed by atoms with Crippen molar-refractivity contribution in [3.05, 3.63) is 52.7 Å². The summed E-state index contributed by atoms with van der Waals surface area (Å²) in [6, 6.07) is 8.17. The molecule has 18 heavy (non-hydrogen) atoms. The van der Waals surface area contributed by atoms with E-state index in [0.29, 0.717) is 17.9 Å². The number of hydrogen-bond acceptors (Lipinski definition) is 4. The molecule has 0 saturated carbocycles. The summed E-state index contributed by atoms with van der Waals surface area (Å²) in [6.07, 6.45) is 0.383. The molecule has 0 aliphatic carbocycles. The van der Waals surface area contributed by atoms with Gasteiger partial charge in [0.2, 0.25) is 0 Å². The molecular weight excluding hydrogens is 231 g/mol. The molecule has 0 unspecified atom stereocenters. The van der Waals surface area contributed by atoms with Gasteiger partial charge in [0, 0.05) is 6.42 Å². The normalized spacial score (nSPS) is 10.1. The molecule has 0 radical (unpaired) electrons. The maximum atomic E-state index is 13.0. The average molecular weight is 242 g/mol. The van der Waals surface area contributed by atoms with Gasteiger partial charge in [-0.3, -0.25) is 0 Å². The van der Waals surface area contributed by atoms with Crippen LogP contribution in [0, 0.1) is 24.1 Å². The molecule has 0 saturated heterocycles. The minimum atomic E-state index is -0.300. The van der Waals surface area contributed by atoms with Crippen LogP contribution in [0.5, 0.6) is 0 Å². The Hall–Kier alpha value is -2.48. The van der Waals surface area contributed by atoms with Gasteiger partial charge in [0.1, 0.15) is 29.1 Å². The first-order valence-corrected chi connectivity index (χ1v) is 5.37. The van der Waals surface area contributed by atoms with Crippen molar-refractivity contribution >= 4 is 5.82 Å². The van der Waals surface area contributed by atoms with E-state index in [1.54, 1.807) is 19.1 Å². The van der Waals surface area contributed by atoms with Crippen LogP contribution in [-0.4, -0.2) is 9.97 Å². The zero-order valence-electron chi connectivity index (χ0n) is 9.81.